The van der Waals surface area contributed by atoms with E-state index >= 15 is 0 Å². The van der Waals surface area contributed by atoms with Crippen LogP contribution < -0.4 is 18.3 Å². The maximum absolute atomic E-state index is 12.7. The van der Waals surface area contributed by atoms with Gasteiger partial charge < -0.3 is 23.1 Å². The summed E-state index contributed by atoms with van der Waals surface area (Å²) in [5.74, 6) is 2.02. The van der Waals surface area contributed by atoms with E-state index in [1.54, 1.807) is 14.2 Å². The fourth-order valence-corrected chi connectivity index (χ4v) is 5.56. The number of ether oxygens (including phenoxy) is 3. The Kier molecular flexibility index (Phi) is 10.8. The molecule has 2 rings (SSSR count). The fourth-order valence-electron chi connectivity index (χ4n) is 3.51. The highest BCUT2D eigenvalue weighted by Gasteiger charge is 2.40. The van der Waals surface area contributed by atoms with E-state index in [1.165, 1.54) is 7.11 Å². The molecular formula is C32H50O6Si2. The number of methoxy groups -OCH3 is 3. The van der Waals surface area contributed by atoms with Gasteiger partial charge in [0.2, 0.25) is 0 Å². The van der Waals surface area contributed by atoms with Gasteiger partial charge in [-0.15, -0.1) is 0 Å². The molecule has 2 aromatic rings. The van der Waals surface area contributed by atoms with Crippen molar-refractivity contribution in [1.29, 1.82) is 0 Å². The zero-order valence-electron chi connectivity index (χ0n) is 26.9. The van der Waals surface area contributed by atoms with Gasteiger partial charge in [-0.1, -0.05) is 65.8 Å². The molecule has 222 valence electrons. The molecule has 0 heterocycles. The van der Waals surface area contributed by atoms with Crippen molar-refractivity contribution in [2.24, 2.45) is 5.92 Å². The summed E-state index contributed by atoms with van der Waals surface area (Å²) in [7, 11) is 0.641. The average Bonchev–Trinajstić information content (AvgIpc) is 2.85. The van der Waals surface area contributed by atoms with Gasteiger partial charge in [0.05, 0.1) is 27.2 Å². The van der Waals surface area contributed by atoms with Gasteiger partial charge in [-0.3, -0.25) is 4.79 Å². The predicted molar refractivity (Wildman–Crippen MR) is 170 cm³/mol. The van der Waals surface area contributed by atoms with Crippen LogP contribution in [0.1, 0.15) is 52.7 Å². The van der Waals surface area contributed by atoms with Crippen LogP contribution in [0.4, 0.5) is 0 Å². The number of carbonyl (C=O) groups is 1. The number of rotatable bonds is 11. The van der Waals surface area contributed by atoms with Crippen molar-refractivity contribution >= 4 is 28.7 Å². The summed E-state index contributed by atoms with van der Waals surface area (Å²) in [5.41, 5.74) is 1.86. The van der Waals surface area contributed by atoms with E-state index in [0.29, 0.717) is 17.9 Å². The van der Waals surface area contributed by atoms with Gasteiger partial charge >= 0.3 is 5.97 Å². The van der Waals surface area contributed by atoms with Crippen LogP contribution in [-0.4, -0.2) is 43.9 Å². The Morgan fingerprint density at radius 3 is 1.68 bits per heavy atom. The number of benzene rings is 2. The van der Waals surface area contributed by atoms with E-state index in [2.05, 4.69) is 67.7 Å². The van der Waals surface area contributed by atoms with Crippen LogP contribution in [0, 0.1) is 5.92 Å². The van der Waals surface area contributed by atoms with Crippen molar-refractivity contribution < 1.29 is 27.9 Å². The zero-order chi connectivity index (χ0) is 30.5. The second-order valence-electron chi connectivity index (χ2n) is 13.3. The highest BCUT2D eigenvalue weighted by molar-refractivity contribution is 6.75. The molecule has 0 aromatic heterocycles. The van der Waals surface area contributed by atoms with Crippen LogP contribution in [0.15, 0.2) is 42.5 Å². The number of hydrogen-bond donors (Lipinski definition) is 0. The Bertz CT molecular complexity index is 1190. The maximum Gasteiger partial charge on any atom is 0.312 e. The standard InChI is InChI=1S/C32H50O6Si2/c1-31(2,3)39(10,11)37-26-18-15-23(21-28(26)34-7)14-17-25(30(33)36-9)20-24-16-19-27(29(22-24)35-8)38-40(12,13)32(4,5)6/h14-19,21-22,25H,20H2,1-13H3/b17-14+/t25-/m0/s1. The van der Waals surface area contributed by atoms with Gasteiger partial charge in [0, 0.05) is 0 Å². The quantitative estimate of drug-likeness (QED) is 0.194. The Balaban J connectivity index is 2.30. The lowest BCUT2D eigenvalue weighted by atomic mass is 9.97. The van der Waals surface area contributed by atoms with E-state index in [0.717, 1.165) is 22.6 Å². The Morgan fingerprint density at radius 2 is 1.23 bits per heavy atom. The van der Waals surface area contributed by atoms with Crippen molar-refractivity contribution in [3.05, 3.63) is 53.6 Å². The second-order valence-corrected chi connectivity index (χ2v) is 22.8. The van der Waals surface area contributed by atoms with Crippen LogP contribution >= 0.6 is 0 Å². The van der Waals surface area contributed by atoms with Gasteiger partial charge in [0.15, 0.2) is 11.5 Å². The smallest absolute Gasteiger partial charge is 0.312 e. The average molecular weight is 587 g/mol. The summed E-state index contributed by atoms with van der Waals surface area (Å²) in [5, 5.41) is 0.136. The van der Waals surface area contributed by atoms with Crippen molar-refractivity contribution in [1.82, 2.24) is 0 Å². The molecule has 0 aliphatic carbocycles. The molecule has 8 heteroatoms. The van der Waals surface area contributed by atoms with Crippen LogP contribution in [-0.2, 0) is 16.0 Å². The molecule has 0 spiro atoms. The molecule has 0 bridgehead atoms. The third-order valence-electron chi connectivity index (χ3n) is 8.24. The Hall–Kier alpha value is -2.72. The summed E-state index contributed by atoms with van der Waals surface area (Å²) >= 11 is 0. The lowest BCUT2D eigenvalue weighted by molar-refractivity contribution is -0.143. The largest absolute Gasteiger partial charge is 0.541 e. The van der Waals surface area contributed by atoms with Gasteiger partial charge in [-0.25, -0.2) is 0 Å². The molecule has 0 radical (unpaired) electrons. The molecule has 0 saturated carbocycles. The maximum atomic E-state index is 12.7. The molecule has 0 aliphatic heterocycles. The normalized spacial score (nSPS) is 13.6. The van der Waals surface area contributed by atoms with Crippen LogP contribution in [0.3, 0.4) is 0 Å². The van der Waals surface area contributed by atoms with Gasteiger partial charge in [0.1, 0.15) is 11.5 Å². The van der Waals surface area contributed by atoms with E-state index < -0.39 is 22.6 Å². The minimum atomic E-state index is -2.03. The summed E-state index contributed by atoms with van der Waals surface area (Å²) in [4.78, 5) is 12.7. The van der Waals surface area contributed by atoms with E-state index in [9.17, 15) is 4.79 Å². The molecule has 0 amide bonds. The SMILES string of the molecule is COC(=O)[C@@H](/C=C/c1ccc(O[Si](C)(C)C(C)(C)C)c(OC)c1)Cc1ccc(O[Si](C)(C)C(C)(C)C)c(OC)c1. The topological polar surface area (TPSA) is 63.2 Å². The van der Waals surface area contributed by atoms with E-state index in [1.807, 2.05) is 48.6 Å². The minimum Gasteiger partial charge on any atom is -0.541 e. The molecule has 0 fully saturated rings. The lowest BCUT2D eigenvalue weighted by Crippen LogP contribution is -2.43. The molecule has 0 saturated heterocycles. The first kappa shape index (κ1) is 33.5. The van der Waals surface area contributed by atoms with Gasteiger partial charge in [-0.05, 0) is 78.1 Å². The Labute approximate surface area is 244 Å². The van der Waals surface area contributed by atoms with Crippen LogP contribution in [0.5, 0.6) is 23.0 Å². The van der Waals surface area contributed by atoms with E-state index in [4.69, 9.17) is 23.1 Å². The summed E-state index contributed by atoms with van der Waals surface area (Å²) < 4.78 is 29.4. The van der Waals surface area contributed by atoms with Crippen LogP contribution in [0.2, 0.25) is 36.3 Å². The molecule has 0 unspecified atom stereocenters. The first-order valence-corrected chi connectivity index (χ1v) is 19.7. The molecular weight excluding hydrogens is 537 g/mol. The molecule has 1 atom stereocenters. The first-order chi connectivity index (χ1) is 18.3. The lowest BCUT2D eigenvalue weighted by Gasteiger charge is -2.36. The third-order valence-corrected chi connectivity index (χ3v) is 16.9. The molecule has 0 N–H and O–H groups in total. The molecule has 40 heavy (non-hydrogen) atoms. The second kappa shape index (κ2) is 12.9. The van der Waals surface area contributed by atoms with Crippen LogP contribution in [0.25, 0.3) is 6.08 Å². The zero-order valence-corrected chi connectivity index (χ0v) is 28.9. The highest BCUT2D eigenvalue weighted by atomic mass is 28.4. The molecule has 6 nitrogen and oxygen atoms in total. The number of hydrogen-bond acceptors (Lipinski definition) is 6. The highest BCUT2D eigenvalue weighted by Crippen LogP contribution is 2.41. The van der Waals surface area contributed by atoms with Crippen molar-refractivity contribution in [3.63, 3.8) is 0 Å². The van der Waals surface area contributed by atoms with E-state index in [-0.39, 0.29) is 16.0 Å². The summed E-state index contributed by atoms with van der Waals surface area (Å²) in [6.45, 7) is 22.1. The predicted octanol–water partition coefficient (Wildman–Crippen LogP) is 8.52. The number of esters is 1. The van der Waals surface area contributed by atoms with Crippen molar-refractivity contribution in [3.8, 4) is 23.0 Å². The van der Waals surface area contributed by atoms with Gasteiger partial charge in [0.25, 0.3) is 16.6 Å². The Morgan fingerprint density at radius 1 is 0.750 bits per heavy atom. The molecule has 0 aliphatic rings. The number of carbonyl (C=O) groups excluding carboxylic acids is 1. The fraction of sp³-hybridized carbons (Fsp3) is 0.531. The molecule has 2 aromatic carbocycles. The summed E-state index contributed by atoms with van der Waals surface area (Å²) in [6, 6.07) is 11.7. The van der Waals surface area contributed by atoms with Crippen molar-refractivity contribution in [2.45, 2.75) is 84.2 Å². The monoisotopic (exact) mass is 586 g/mol. The van der Waals surface area contributed by atoms with Crippen molar-refractivity contribution in [2.75, 3.05) is 21.3 Å². The summed E-state index contributed by atoms with van der Waals surface area (Å²) in [6.07, 6.45) is 4.26. The van der Waals surface area contributed by atoms with Gasteiger partial charge in [-0.2, -0.15) is 0 Å². The minimum absolute atomic E-state index is 0.0647. The first-order valence-electron chi connectivity index (χ1n) is 13.8. The third kappa shape index (κ3) is 8.40.